The van der Waals surface area contributed by atoms with Crippen LogP contribution in [0.5, 0.6) is 0 Å². The van der Waals surface area contributed by atoms with Gasteiger partial charge in [0, 0.05) is 26.3 Å². The van der Waals surface area contributed by atoms with Crippen molar-refractivity contribution in [2.75, 3.05) is 31.7 Å². The van der Waals surface area contributed by atoms with Crippen LogP contribution in [0.4, 0.5) is 11.4 Å². The zero-order chi connectivity index (χ0) is 15.4. The predicted octanol–water partition coefficient (Wildman–Crippen LogP) is 2.51. The summed E-state index contributed by atoms with van der Waals surface area (Å²) in [5.74, 6) is 0.403. The van der Waals surface area contributed by atoms with Gasteiger partial charge in [-0.05, 0) is 37.3 Å². The van der Waals surface area contributed by atoms with Crippen LogP contribution in [0.15, 0.2) is 18.2 Å². The molecule has 0 bridgehead atoms. The minimum Gasteiger partial charge on any atom is -0.389 e. The van der Waals surface area contributed by atoms with Gasteiger partial charge in [-0.3, -0.25) is 10.1 Å². The van der Waals surface area contributed by atoms with Crippen LogP contribution >= 0.6 is 0 Å². The number of nitrogens with zero attached hydrogens (tertiary/aromatic N) is 2. The average molecular weight is 294 g/mol. The Balaban J connectivity index is 2.27. The Kier molecular flexibility index (Phi) is 5.14. The number of ether oxygens (including phenoxy) is 1. The summed E-state index contributed by atoms with van der Waals surface area (Å²) < 4.78 is 5.20. The van der Waals surface area contributed by atoms with Crippen molar-refractivity contribution in [2.45, 2.75) is 25.9 Å². The average Bonchev–Trinajstić information content (AvgIpc) is 2.47. The van der Waals surface area contributed by atoms with Crippen LogP contribution in [-0.4, -0.2) is 36.8 Å². The Morgan fingerprint density at radius 3 is 2.95 bits per heavy atom. The summed E-state index contributed by atoms with van der Waals surface area (Å²) in [5.41, 5.74) is 1.26. The van der Waals surface area contributed by atoms with Crippen molar-refractivity contribution in [3.8, 4) is 0 Å². The van der Waals surface area contributed by atoms with E-state index in [2.05, 4.69) is 4.90 Å². The molecular formula is C15H22N2O4. The van der Waals surface area contributed by atoms with Gasteiger partial charge in [-0.15, -0.1) is 0 Å². The summed E-state index contributed by atoms with van der Waals surface area (Å²) >= 11 is 0. The third-order valence-corrected chi connectivity index (χ3v) is 3.94. The van der Waals surface area contributed by atoms with Crippen LogP contribution in [0.1, 0.15) is 31.4 Å². The minimum atomic E-state index is -0.708. The first-order valence-electron chi connectivity index (χ1n) is 7.23. The van der Waals surface area contributed by atoms with E-state index in [0.717, 1.165) is 25.9 Å². The topological polar surface area (TPSA) is 75.8 Å². The van der Waals surface area contributed by atoms with E-state index in [1.807, 2.05) is 0 Å². The largest absolute Gasteiger partial charge is 0.389 e. The number of hydrogen-bond donors (Lipinski definition) is 1. The Bertz CT molecular complexity index is 502. The number of benzene rings is 1. The lowest BCUT2D eigenvalue weighted by atomic mass is 9.97. The standard InChI is InChI=1S/C15H22N2O4/c1-11(18)13-5-6-14(15(8-13)17(19)20)16-7-3-4-12(9-16)10-21-2/h5-6,8,11-12,18H,3-4,7,9-10H2,1-2H3/t11-,12?/m0/s1. The molecule has 1 saturated heterocycles. The van der Waals surface area contributed by atoms with Crippen molar-refractivity contribution < 1.29 is 14.8 Å². The molecule has 116 valence electrons. The van der Waals surface area contributed by atoms with Crippen LogP contribution in [0.2, 0.25) is 0 Å². The molecule has 6 heteroatoms. The molecule has 0 aliphatic carbocycles. The molecule has 0 saturated carbocycles. The Hall–Kier alpha value is -1.66. The molecule has 2 atom stereocenters. The number of rotatable bonds is 5. The molecule has 1 aliphatic heterocycles. The van der Waals surface area contributed by atoms with E-state index in [-0.39, 0.29) is 10.6 Å². The summed E-state index contributed by atoms with van der Waals surface area (Å²) in [6.07, 6.45) is 1.38. The lowest BCUT2D eigenvalue weighted by Crippen LogP contribution is -2.37. The molecule has 1 aromatic carbocycles. The molecule has 1 aliphatic rings. The molecule has 0 spiro atoms. The fourth-order valence-corrected chi connectivity index (χ4v) is 2.87. The highest BCUT2D eigenvalue weighted by atomic mass is 16.6. The molecule has 1 unspecified atom stereocenters. The number of anilines is 1. The van der Waals surface area contributed by atoms with Crippen LogP contribution in [-0.2, 0) is 4.74 Å². The van der Waals surface area contributed by atoms with Gasteiger partial charge in [0.25, 0.3) is 5.69 Å². The second-order valence-corrected chi connectivity index (χ2v) is 5.59. The number of piperidine rings is 1. The summed E-state index contributed by atoms with van der Waals surface area (Å²) in [7, 11) is 1.68. The van der Waals surface area contributed by atoms with Crippen LogP contribution in [0.25, 0.3) is 0 Å². The molecule has 6 nitrogen and oxygen atoms in total. The van der Waals surface area contributed by atoms with Crippen molar-refractivity contribution in [1.29, 1.82) is 0 Å². The number of hydrogen-bond acceptors (Lipinski definition) is 5. The summed E-state index contributed by atoms with van der Waals surface area (Å²) in [5, 5.41) is 20.9. The van der Waals surface area contributed by atoms with Crippen molar-refractivity contribution in [2.24, 2.45) is 5.92 Å². The van der Waals surface area contributed by atoms with Gasteiger partial charge in [0.2, 0.25) is 0 Å². The van der Waals surface area contributed by atoms with Crippen LogP contribution in [0, 0.1) is 16.0 Å². The smallest absolute Gasteiger partial charge is 0.292 e. The van der Waals surface area contributed by atoms with E-state index in [1.54, 1.807) is 26.2 Å². The van der Waals surface area contributed by atoms with Crippen molar-refractivity contribution in [1.82, 2.24) is 0 Å². The van der Waals surface area contributed by atoms with Gasteiger partial charge in [0.05, 0.1) is 17.6 Å². The van der Waals surface area contributed by atoms with Crippen molar-refractivity contribution in [3.63, 3.8) is 0 Å². The molecular weight excluding hydrogens is 272 g/mol. The molecule has 2 rings (SSSR count). The number of methoxy groups -OCH3 is 1. The second kappa shape index (κ2) is 6.87. The summed E-state index contributed by atoms with van der Waals surface area (Å²) in [4.78, 5) is 13.0. The normalized spacial score (nSPS) is 20.3. The maximum Gasteiger partial charge on any atom is 0.292 e. The van der Waals surface area contributed by atoms with Gasteiger partial charge in [-0.2, -0.15) is 0 Å². The predicted molar refractivity (Wildman–Crippen MR) is 80.5 cm³/mol. The zero-order valence-corrected chi connectivity index (χ0v) is 12.5. The van der Waals surface area contributed by atoms with Gasteiger partial charge >= 0.3 is 0 Å². The number of nitro groups is 1. The SMILES string of the molecule is COCC1CCCN(c2ccc([C@H](C)O)cc2[N+](=O)[O-])C1. The molecule has 0 aromatic heterocycles. The third kappa shape index (κ3) is 3.71. The highest BCUT2D eigenvalue weighted by Crippen LogP contribution is 2.33. The van der Waals surface area contributed by atoms with Gasteiger partial charge in [0.15, 0.2) is 0 Å². The van der Waals surface area contributed by atoms with Crippen LogP contribution < -0.4 is 4.90 Å². The summed E-state index contributed by atoms with van der Waals surface area (Å²) in [6.45, 7) is 3.86. The van der Waals surface area contributed by atoms with E-state index in [0.29, 0.717) is 23.8 Å². The highest BCUT2D eigenvalue weighted by Gasteiger charge is 2.26. The van der Waals surface area contributed by atoms with E-state index >= 15 is 0 Å². The van der Waals surface area contributed by atoms with Crippen molar-refractivity contribution >= 4 is 11.4 Å². The fourth-order valence-electron chi connectivity index (χ4n) is 2.87. The van der Waals surface area contributed by atoms with Gasteiger partial charge in [-0.25, -0.2) is 0 Å². The monoisotopic (exact) mass is 294 g/mol. The molecule has 1 heterocycles. The van der Waals surface area contributed by atoms with Crippen molar-refractivity contribution in [3.05, 3.63) is 33.9 Å². The van der Waals surface area contributed by atoms with E-state index < -0.39 is 6.10 Å². The Morgan fingerprint density at radius 1 is 1.57 bits per heavy atom. The quantitative estimate of drug-likeness (QED) is 0.667. The maximum atomic E-state index is 11.3. The molecule has 1 fully saturated rings. The zero-order valence-electron chi connectivity index (χ0n) is 12.5. The number of nitro benzene ring substituents is 1. The fraction of sp³-hybridized carbons (Fsp3) is 0.600. The lowest BCUT2D eigenvalue weighted by Gasteiger charge is -2.33. The molecule has 21 heavy (non-hydrogen) atoms. The number of aliphatic hydroxyl groups excluding tert-OH is 1. The van der Waals surface area contributed by atoms with Gasteiger partial charge < -0.3 is 14.7 Å². The first-order chi connectivity index (χ1) is 10.0. The van der Waals surface area contributed by atoms with Gasteiger partial charge in [-0.1, -0.05) is 6.07 Å². The molecule has 0 amide bonds. The lowest BCUT2D eigenvalue weighted by molar-refractivity contribution is -0.384. The van der Waals surface area contributed by atoms with Gasteiger partial charge in [0.1, 0.15) is 5.69 Å². The second-order valence-electron chi connectivity index (χ2n) is 5.59. The number of aliphatic hydroxyl groups is 1. The molecule has 0 radical (unpaired) electrons. The van der Waals surface area contributed by atoms with Crippen LogP contribution in [0.3, 0.4) is 0 Å². The molecule has 1 N–H and O–H groups in total. The Labute approximate surface area is 124 Å². The maximum absolute atomic E-state index is 11.3. The highest BCUT2D eigenvalue weighted by molar-refractivity contribution is 5.64. The van der Waals surface area contributed by atoms with E-state index in [1.165, 1.54) is 6.07 Å². The Morgan fingerprint density at radius 2 is 2.33 bits per heavy atom. The van der Waals surface area contributed by atoms with E-state index in [4.69, 9.17) is 4.74 Å². The van der Waals surface area contributed by atoms with E-state index in [9.17, 15) is 15.2 Å². The molecule has 1 aromatic rings. The minimum absolute atomic E-state index is 0.0615. The first kappa shape index (κ1) is 15.7. The summed E-state index contributed by atoms with van der Waals surface area (Å²) in [6, 6.07) is 4.97. The first-order valence-corrected chi connectivity index (χ1v) is 7.23. The third-order valence-electron chi connectivity index (χ3n) is 3.94.